The molecule has 0 spiro atoms. The number of quaternary nitrogens is 1. The first-order valence-electron chi connectivity index (χ1n) is 9.11. The predicted octanol–water partition coefficient (Wildman–Crippen LogP) is 2.59. The highest BCUT2D eigenvalue weighted by molar-refractivity contribution is 6.32. The second-order valence-electron chi connectivity index (χ2n) is 6.74. The van der Waals surface area contributed by atoms with E-state index < -0.39 is 0 Å². The number of anilines is 1. The van der Waals surface area contributed by atoms with E-state index in [9.17, 15) is 4.79 Å². The summed E-state index contributed by atoms with van der Waals surface area (Å²) in [6.45, 7) is 1.25. The molecule has 1 aliphatic heterocycles. The Morgan fingerprint density at radius 2 is 2.11 bits per heavy atom. The molecule has 6 nitrogen and oxygen atoms in total. The molecule has 1 heterocycles. The first kappa shape index (κ1) is 20.0. The number of likely N-dealkylation sites (tertiary alicyclic amines) is 1. The van der Waals surface area contributed by atoms with Crippen molar-refractivity contribution in [1.82, 2.24) is 0 Å². The van der Waals surface area contributed by atoms with E-state index >= 15 is 0 Å². The van der Waals surface area contributed by atoms with Crippen molar-refractivity contribution in [1.29, 1.82) is 5.26 Å². The number of hydrogen-bond donors (Lipinski definition) is 2. The largest absolute Gasteiger partial charge is 0.497 e. The SMILES string of the molecule is COc1ccc(OC)c([C@H]2CCC[NH+]2CC(=O)Nc2ccc(C#N)c(Cl)c2)c1. The summed E-state index contributed by atoms with van der Waals surface area (Å²) in [6, 6.07) is 12.8. The maximum absolute atomic E-state index is 12.6. The van der Waals surface area contributed by atoms with Gasteiger partial charge in [0.25, 0.3) is 5.91 Å². The van der Waals surface area contributed by atoms with Crippen molar-refractivity contribution in [2.45, 2.75) is 18.9 Å². The molecule has 28 heavy (non-hydrogen) atoms. The molecule has 2 aromatic carbocycles. The molecule has 1 saturated heterocycles. The molecule has 7 heteroatoms. The fourth-order valence-electron chi connectivity index (χ4n) is 3.71. The van der Waals surface area contributed by atoms with Gasteiger partial charge in [0.15, 0.2) is 6.54 Å². The zero-order chi connectivity index (χ0) is 20.1. The van der Waals surface area contributed by atoms with Gasteiger partial charge in [-0.1, -0.05) is 11.6 Å². The minimum atomic E-state index is -0.0930. The Morgan fingerprint density at radius 1 is 1.29 bits per heavy atom. The van der Waals surface area contributed by atoms with Gasteiger partial charge in [-0.25, -0.2) is 0 Å². The molecule has 0 aliphatic carbocycles. The summed E-state index contributed by atoms with van der Waals surface area (Å²) >= 11 is 6.04. The standard InChI is InChI=1S/C21H22ClN3O3/c1-27-16-7-8-20(28-2)17(11-16)19-4-3-9-25(19)13-21(26)24-15-6-5-14(12-23)18(22)10-15/h5-8,10-11,19H,3-4,9,13H2,1-2H3,(H,24,26)/p+1/t19-/m1/s1. The Labute approximate surface area is 169 Å². The van der Waals surface area contributed by atoms with Gasteiger partial charge < -0.3 is 19.7 Å². The maximum Gasteiger partial charge on any atom is 0.279 e. The van der Waals surface area contributed by atoms with Crippen molar-refractivity contribution in [3.05, 3.63) is 52.5 Å². The van der Waals surface area contributed by atoms with Crippen LogP contribution in [0.3, 0.4) is 0 Å². The van der Waals surface area contributed by atoms with Crippen molar-refractivity contribution in [2.75, 3.05) is 32.6 Å². The van der Waals surface area contributed by atoms with Crippen LogP contribution in [0, 0.1) is 11.3 Å². The highest BCUT2D eigenvalue weighted by atomic mass is 35.5. The van der Waals surface area contributed by atoms with Gasteiger partial charge in [0.05, 0.1) is 36.9 Å². The first-order chi connectivity index (χ1) is 13.5. The third-order valence-electron chi connectivity index (χ3n) is 5.06. The van der Waals surface area contributed by atoms with Gasteiger partial charge >= 0.3 is 0 Å². The second-order valence-corrected chi connectivity index (χ2v) is 7.15. The minimum absolute atomic E-state index is 0.0930. The number of amides is 1. The molecule has 1 fully saturated rings. The quantitative estimate of drug-likeness (QED) is 0.781. The fraction of sp³-hybridized carbons (Fsp3) is 0.333. The maximum atomic E-state index is 12.6. The number of nitrogens with one attached hydrogen (secondary N) is 2. The van der Waals surface area contributed by atoms with Crippen LogP contribution in [0.5, 0.6) is 11.5 Å². The zero-order valence-corrected chi connectivity index (χ0v) is 16.7. The smallest absolute Gasteiger partial charge is 0.279 e. The summed E-state index contributed by atoms with van der Waals surface area (Å²) in [5, 5.41) is 12.2. The van der Waals surface area contributed by atoms with E-state index in [1.165, 1.54) is 4.90 Å². The average molecular weight is 401 g/mol. The second kappa shape index (κ2) is 8.96. The van der Waals surface area contributed by atoms with Crippen LogP contribution in [0.4, 0.5) is 5.69 Å². The molecule has 1 unspecified atom stereocenters. The number of nitrogens with zero attached hydrogens (tertiary/aromatic N) is 1. The topological polar surface area (TPSA) is 75.8 Å². The van der Waals surface area contributed by atoms with Gasteiger partial charge in [-0.3, -0.25) is 4.79 Å². The molecule has 2 atom stereocenters. The van der Waals surface area contributed by atoms with Crippen molar-refractivity contribution >= 4 is 23.2 Å². The van der Waals surface area contributed by atoms with Crippen LogP contribution in [-0.2, 0) is 4.79 Å². The molecule has 1 amide bonds. The van der Waals surface area contributed by atoms with E-state index in [1.54, 1.807) is 32.4 Å². The van der Waals surface area contributed by atoms with Gasteiger partial charge in [0.2, 0.25) is 0 Å². The molecule has 1 aliphatic rings. The Kier molecular flexibility index (Phi) is 6.40. The molecular weight excluding hydrogens is 378 g/mol. The summed E-state index contributed by atoms with van der Waals surface area (Å²) in [4.78, 5) is 13.8. The summed E-state index contributed by atoms with van der Waals surface area (Å²) in [5.41, 5.74) is 2.03. The van der Waals surface area contributed by atoms with Crippen molar-refractivity contribution in [2.24, 2.45) is 0 Å². The summed E-state index contributed by atoms with van der Waals surface area (Å²) in [5.74, 6) is 1.49. The van der Waals surface area contributed by atoms with Gasteiger partial charge in [-0.2, -0.15) is 5.26 Å². The number of rotatable bonds is 6. The van der Waals surface area contributed by atoms with E-state index in [0.717, 1.165) is 36.4 Å². The van der Waals surface area contributed by atoms with Crippen LogP contribution < -0.4 is 19.7 Å². The third kappa shape index (κ3) is 4.38. The van der Waals surface area contributed by atoms with Gasteiger partial charge in [-0.15, -0.1) is 0 Å². The van der Waals surface area contributed by atoms with Crippen LogP contribution in [-0.4, -0.2) is 33.2 Å². The first-order valence-corrected chi connectivity index (χ1v) is 9.49. The lowest BCUT2D eigenvalue weighted by Gasteiger charge is -2.23. The fourth-order valence-corrected chi connectivity index (χ4v) is 3.93. The number of ether oxygens (including phenoxy) is 2. The molecule has 0 bridgehead atoms. The minimum Gasteiger partial charge on any atom is -0.497 e. The highest BCUT2D eigenvalue weighted by Gasteiger charge is 2.34. The Bertz CT molecular complexity index is 910. The molecule has 3 rings (SSSR count). The molecular formula is C21H23ClN3O3+. The van der Waals surface area contributed by atoms with E-state index in [-0.39, 0.29) is 11.9 Å². The average Bonchev–Trinajstić information content (AvgIpc) is 3.15. The molecule has 146 valence electrons. The van der Waals surface area contributed by atoms with E-state index in [0.29, 0.717) is 22.8 Å². The van der Waals surface area contributed by atoms with Crippen LogP contribution in [0.2, 0.25) is 5.02 Å². The summed E-state index contributed by atoms with van der Waals surface area (Å²) in [6.07, 6.45) is 2.02. The van der Waals surface area contributed by atoms with Crippen molar-refractivity contribution in [3.8, 4) is 17.6 Å². The van der Waals surface area contributed by atoms with Gasteiger partial charge in [0.1, 0.15) is 23.6 Å². The molecule has 0 saturated carbocycles. The Balaban J connectivity index is 1.72. The van der Waals surface area contributed by atoms with Crippen molar-refractivity contribution in [3.63, 3.8) is 0 Å². The monoisotopic (exact) mass is 400 g/mol. The van der Waals surface area contributed by atoms with E-state index in [4.69, 9.17) is 26.3 Å². The van der Waals surface area contributed by atoms with Crippen LogP contribution in [0.1, 0.15) is 30.0 Å². The molecule has 0 aromatic heterocycles. The number of hydrogen-bond acceptors (Lipinski definition) is 4. The third-order valence-corrected chi connectivity index (χ3v) is 5.37. The van der Waals surface area contributed by atoms with Crippen molar-refractivity contribution < 1.29 is 19.2 Å². The predicted molar refractivity (Wildman–Crippen MR) is 107 cm³/mol. The van der Waals surface area contributed by atoms with Crippen LogP contribution >= 0.6 is 11.6 Å². The lowest BCUT2D eigenvalue weighted by Crippen LogP contribution is -3.11. The summed E-state index contributed by atoms with van der Waals surface area (Å²) in [7, 11) is 3.29. The van der Waals surface area contributed by atoms with Gasteiger partial charge in [0, 0.05) is 18.5 Å². The number of methoxy groups -OCH3 is 2. The molecule has 2 aromatic rings. The number of halogens is 1. The van der Waals surface area contributed by atoms with Crippen LogP contribution in [0.25, 0.3) is 0 Å². The number of carbonyl (C=O) groups excluding carboxylic acids is 1. The van der Waals surface area contributed by atoms with E-state index in [2.05, 4.69) is 5.32 Å². The number of benzene rings is 2. The van der Waals surface area contributed by atoms with Gasteiger partial charge in [-0.05, 0) is 36.4 Å². The van der Waals surface area contributed by atoms with E-state index in [1.807, 2.05) is 24.3 Å². The summed E-state index contributed by atoms with van der Waals surface area (Å²) < 4.78 is 10.9. The Hall–Kier alpha value is -2.75. The molecule has 0 radical (unpaired) electrons. The lowest BCUT2D eigenvalue weighted by atomic mass is 10.0. The lowest BCUT2D eigenvalue weighted by molar-refractivity contribution is -0.910. The number of nitriles is 1. The Morgan fingerprint density at radius 3 is 2.79 bits per heavy atom. The highest BCUT2D eigenvalue weighted by Crippen LogP contribution is 2.31. The van der Waals surface area contributed by atoms with Crippen LogP contribution in [0.15, 0.2) is 36.4 Å². The zero-order valence-electron chi connectivity index (χ0n) is 15.9. The number of carbonyl (C=O) groups is 1. The molecule has 2 N–H and O–H groups in total. The normalized spacial score (nSPS) is 18.4.